The van der Waals surface area contributed by atoms with Gasteiger partial charge in [0, 0.05) is 28.5 Å². The van der Waals surface area contributed by atoms with Crippen LogP contribution >= 0.6 is 0 Å². The molecule has 2 aliphatic rings. The molecule has 5 rings (SSSR count). The summed E-state index contributed by atoms with van der Waals surface area (Å²) in [5, 5.41) is 1.07. The van der Waals surface area contributed by atoms with Gasteiger partial charge < -0.3 is 9.30 Å². The van der Waals surface area contributed by atoms with Gasteiger partial charge in [0.25, 0.3) is 5.56 Å². The zero-order valence-corrected chi connectivity index (χ0v) is 17.0. The fourth-order valence-electron chi connectivity index (χ4n) is 4.91. The Morgan fingerprint density at radius 3 is 2.72 bits per heavy atom. The topological polar surface area (TPSA) is 61.2 Å². The fraction of sp³-hybridized carbons (Fsp3) is 0.375. The third-order valence-corrected chi connectivity index (χ3v) is 6.20. The molecule has 0 fully saturated rings. The van der Waals surface area contributed by atoms with Crippen LogP contribution in [0.3, 0.4) is 0 Å². The Labute approximate surface area is 169 Å². The predicted molar refractivity (Wildman–Crippen MR) is 112 cm³/mol. The van der Waals surface area contributed by atoms with Crippen molar-refractivity contribution in [3.05, 3.63) is 63.4 Å². The van der Waals surface area contributed by atoms with Crippen LogP contribution in [0.25, 0.3) is 22.3 Å². The van der Waals surface area contributed by atoms with E-state index in [4.69, 9.17) is 9.72 Å². The number of pyridine rings is 2. The van der Waals surface area contributed by atoms with Crippen molar-refractivity contribution >= 4 is 16.7 Å². The number of hydrogen-bond donors (Lipinski definition) is 0. The van der Waals surface area contributed by atoms with Crippen molar-refractivity contribution in [3.8, 4) is 11.4 Å². The normalized spacial score (nSPS) is 20.1. The summed E-state index contributed by atoms with van der Waals surface area (Å²) in [7, 11) is 0. The molecule has 0 N–H and O–H groups in total. The molecule has 29 heavy (non-hydrogen) atoms. The second kappa shape index (κ2) is 6.36. The maximum Gasteiger partial charge on any atom is 0.254 e. The fourth-order valence-corrected chi connectivity index (χ4v) is 4.91. The summed E-state index contributed by atoms with van der Waals surface area (Å²) >= 11 is 0. The van der Waals surface area contributed by atoms with Crippen LogP contribution in [0.2, 0.25) is 0 Å². The minimum absolute atomic E-state index is 0.0164. The van der Waals surface area contributed by atoms with E-state index in [0.29, 0.717) is 31.4 Å². The van der Waals surface area contributed by atoms with E-state index in [-0.39, 0.29) is 17.4 Å². The SMILES string of the molecule is CC[C@@]1(OC(C)C)C(=O)CCc2c1cc1n(c2=O)Cc2cc3ccccc3nc2-1. The standard InChI is InChI=1S/C24H24N2O3/c1-4-24(29-14(2)3)18-12-20-22-16(11-15-7-5-6-8-19(15)25-22)13-26(20)23(28)17(18)9-10-21(24)27/h5-8,11-12,14H,4,9-10,13H2,1-3H3/t24-/m0/s1. The van der Waals surface area contributed by atoms with E-state index < -0.39 is 5.60 Å². The van der Waals surface area contributed by atoms with Crippen LogP contribution in [0.5, 0.6) is 0 Å². The maximum atomic E-state index is 13.4. The quantitative estimate of drug-likeness (QED) is 0.533. The molecule has 0 radical (unpaired) electrons. The number of benzene rings is 1. The van der Waals surface area contributed by atoms with E-state index in [1.165, 1.54) is 0 Å². The molecule has 1 aliphatic carbocycles. The van der Waals surface area contributed by atoms with Gasteiger partial charge in [-0.15, -0.1) is 0 Å². The number of carbonyl (C=O) groups excluding carboxylic acids is 1. The minimum Gasteiger partial charge on any atom is -0.360 e. The van der Waals surface area contributed by atoms with E-state index in [0.717, 1.165) is 33.4 Å². The molecule has 0 spiro atoms. The largest absolute Gasteiger partial charge is 0.360 e. The summed E-state index contributed by atoms with van der Waals surface area (Å²) in [6, 6.07) is 12.1. The first-order valence-corrected chi connectivity index (χ1v) is 10.3. The molecular weight excluding hydrogens is 364 g/mol. The summed E-state index contributed by atoms with van der Waals surface area (Å²) in [5.74, 6) is 0.0650. The first kappa shape index (κ1) is 18.3. The lowest BCUT2D eigenvalue weighted by molar-refractivity contribution is -0.155. The maximum absolute atomic E-state index is 13.4. The van der Waals surface area contributed by atoms with E-state index in [1.807, 2.05) is 51.1 Å². The Bertz CT molecular complexity index is 1220. The molecule has 0 saturated heterocycles. The number of carbonyl (C=O) groups is 1. The van der Waals surface area contributed by atoms with Crippen molar-refractivity contribution in [3.63, 3.8) is 0 Å². The van der Waals surface area contributed by atoms with Crippen molar-refractivity contribution in [2.24, 2.45) is 0 Å². The lowest BCUT2D eigenvalue weighted by atomic mass is 9.76. The number of ketones is 1. The number of para-hydroxylation sites is 1. The zero-order chi connectivity index (χ0) is 20.3. The van der Waals surface area contributed by atoms with E-state index >= 15 is 0 Å². The molecule has 0 bridgehead atoms. The van der Waals surface area contributed by atoms with Gasteiger partial charge in [-0.05, 0) is 44.9 Å². The summed E-state index contributed by atoms with van der Waals surface area (Å²) < 4.78 is 8.03. The van der Waals surface area contributed by atoms with Crippen LogP contribution in [0.1, 0.15) is 50.3 Å². The van der Waals surface area contributed by atoms with Crippen LogP contribution in [0.15, 0.2) is 41.2 Å². The summed E-state index contributed by atoms with van der Waals surface area (Å²) in [5.41, 5.74) is 3.96. The number of Topliss-reactive ketones (excluding diaryl/α,β-unsaturated/α-hetero) is 1. The van der Waals surface area contributed by atoms with Crippen LogP contribution in [-0.2, 0) is 28.1 Å². The molecule has 0 saturated carbocycles. The molecule has 5 heteroatoms. The highest BCUT2D eigenvalue weighted by atomic mass is 16.5. The molecule has 3 aromatic rings. The van der Waals surface area contributed by atoms with Crippen molar-refractivity contribution < 1.29 is 9.53 Å². The van der Waals surface area contributed by atoms with Gasteiger partial charge in [0.05, 0.1) is 29.6 Å². The van der Waals surface area contributed by atoms with Crippen molar-refractivity contribution in [2.75, 3.05) is 0 Å². The average Bonchev–Trinajstić information content (AvgIpc) is 3.06. The lowest BCUT2D eigenvalue weighted by Crippen LogP contribution is -2.46. The van der Waals surface area contributed by atoms with Crippen molar-refractivity contribution in [1.29, 1.82) is 0 Å². The highest BCUT2D eigenvalue weighted by Gasteiger charge is 2.46. The van der Waals surface area contributed by atoms with E-state index in [2.05, 4.69) is 6.07 Å². The molecule has 1 aliphatic heterocycles. The van der Waals surface area contributed by atoms with Gasteiger partial charge in [-0.3, -0.25) is 9.59 Å². The molecule has 1 aromatic carbocycles. The molecule has 148 valence electrons. The highest BCUT2D eigenvalue weighted by molar-refractivity contribution is 5.91. The summed E-state index contributed by atoms with van der Waals surface area (Å²) in [6.07, 6.45) is 1.22. The van der Waals surface area contributed by atoms with Crippen LogP contribution in [0.4, 0.5) is 0 Å². The number of rotatable bonds is 3. The number of ether oxygens (including phenoxy) is 1. The number of aromatic nitrogens is 2. The zero-order valence-electron chi connectivity index (χ0n) is 17.0. The van der Waals surface area contributed by atoms with E-state index in [9.17, 15) is 9.59 Å². The Balaban J connectivity index is 1.78. The highest BCUT2D eigenvalue weighted by Crippen LogP contribution is 2.42. The molecule has 3 heterocycles. The Hall–Kier alpha value is -2.79. The molecule has 1 atom stereocenters. The average molecular weight is 388 g/mol. The van der Waals surface area contributed by atoms with Gasteiger partial charge in [0.15, 0.2) is 11.4 Å². The number of nitrogens with zero attached hydrogens (tertiary/aromatic N) is 2. The molecular formula is C24H24N2O3. The number of fused-ring (bicyclic) bond motifs is 5. The second-order valence-electron chi connectivity index (χ2n) is 8.27. The summed E-state index contributed by atoms with van der Waals surface area (Å²) in [6.45, 7) is 6.34. The van der Waals surface area contributed by atoms with Crippen molar-refractivity contribution in [1.82, 2.24) is 9.55 Å². The molecule has 5 nitrogen and oxygen atoms in total. The van der Waals surface area contributed by atoms with Gasteiger partial charge in [-0.25, -0.2) is 4.98 Å². The van der Waals surface area contributed by atoms with Gasteiger partial charge in [-0.1, -0.05) is 25.1 Å². The number of hydrogen-bond acceptors (Lipinski definition) is 4. The van der Waals surface area contributed by atoms with Crippen LogP contribution < -0.4 is 5.56 Å². The Kier molecular flexibility index (Phi) is 4.00. The monoisotopic (exact) mass is 388 g/mol. The third kappa shape index (κ3) is 2.53. The van der Waals surface area contributed by atoms with Crippen LogP contribution in [-0.4, -0.2) is 21.4 Å². The first-order chi connectivity index (χ1) is 13.9. The molecule has 0 unspecified atom stereocenters. The van der Waals surface area contributed by atoms with Gasteiger partial charge >= 0.3 is 0 Å². The van der Waals surface area contributed by atoms with Gasteiger partial charge in [0.1, 0.15) is 0 Å². The lowest BCUT2D eigenvalue weighted by Gasteiger charge is -2.38. The van der Waals surface area contributed by atoms with Gasteiger partial charge in [0.2, 0.25) is 0 Å². The minimum atomic E-state index is -1.05. The second-order valence-corrected chi connectivity index (χ2v) is 8.27. The summed E-state index contributed by atoms with van der Waals surface area (Å²) in [4.78, 5) is 31.3. The van der Waals surface area contributed by atoms with Crippen molar-refractivity contribution in [2.45, 2.75) is 58.3 Å². The smallest absolute Gasteiger partial charge is 0.254 e. The van der Waals surface area contributed by atoms with Crippen LogP contribution in [0, 0.1) is 0 Å². The predicted octanol–water partition coefficient (Wildman–Crippen LogP) is 3.97. The molecule has 2 aromatic heterocycles. The Morgan fingerprint density at radius 2 is 1.97 bits per heavy atom. The van der Waals surface area contributed by atoms with E-state index in [1.54, 1.807) is 4.57 Å². The first-order valence-electron chi connectivity index (χ1n) is 10.3. The van der Waals surface area contributed by atoms with Gasteiger partial charge in [-0.2, -0.15) is 0 Å². The Morgan fingerprint density at radius 1 is 1.17 bits per heavy atom. The molecule has 0 amide bonds. The third-order valence-electron chi connectivity index (χ3n) is 6.20.